The Balaban J connectivity index is 0.959. The lowest BCUT2D eigenvalue weighted by molar-refractivity contribution is 0.668. The second-order valence-electron chi connectivity index (χ2n) is 14.8. The normalized spacial score (nSPS) is 11.7. The van der Waals surface area contributed by atoms with Crippen molar-refractivity contribution in [1.82, 2.24) is 29.5 Å². The molecule has 0 aliphatic rings. The summed E-state index contributed by atoms with van der Waals surface area (Å²) >= 11 is 0. The number of hydrogen-bond acceptors (Lipinski definition) is 6. The predicted octanol–water partition coefficient (Wildman–Crippen LogP) is 13.0. The third-order valence-corrected chi connectivity index (χ3v) is 11.1. The van der Waals surface area contributed by atoms with Gasteiger partial charge in [-0.3, -0.25) is 0 Å². The van der Waals surface area contributed by atoms with Crippen molar-refractivity contribution in [3.05, 3.63) is 194 Å². The molecule has 0 amide bonds. The van der Waals surface area contributed by atoms with Gasteiger partial charge in [0.05, 0.1) is 11.4 Å². The first-order valence-corrected chi connectivity index (χ1v) is 19.8. The van der Waals surface area contributed by atoms with Gasteiger partial charge in [-0.15, -0.1) is 10.2 Å². The molecule has 0 spiro atoms. The second-order valence-corrected chi connectivity index (χ2v) is 14.8. The molecule has 4 aromatic heterocycles. The first-order valence-electron chi connectivity index (χ1n) is 19.8. The third-order valence-electron chi connectivity index (χ3n) is 11.1. The summed E-state index contributed by atoms with van der Waals surface area (Å²) in [6.45, 7) is 0. The molecule has 8 heteroatoms. The zero-order chi connectivity index (χ0) is 39.6. The van der Waals surface area contributed by atoms with Crippen molar-refractivity contribution >= 4 is 43.9 Å². The Morgan fingerprint density at radius 3 is 1.02 bits per heavy atom. The summed E-state index contributed by atoms with van der Waals surface area (Å²) in [6, 6.07) is 65.7. The third kappa shape index (κ3) is 5.69. The summed E-state index contributed by atoms with van der Waals surface area (Å²) in [5.74, 6) is 2.86. The molecule has 0 radical (unpaired) electrons. The number of rotatable bonds is 7. The number of benzene rings is 8. The van der Waals surface area contributed by atoms with Crippen LogP contribution in [0.15, 0.2) is 203 Å². The summed E-state index contributed by atoms with van der Waals surface area (Å²) in [5.41, 5.74) is 11.0. The fraction of sp³-hybridized carbons (Fsp3) is 0. The van der Waals surface area contributed by atoms with Crippen LogP contribution < -0.4 is 0 Å². The minimum Gasteiger partial charge on any atom is -0.456 e. The lowest BCUT2D eigenvalue weighted by Crippen LogP contribution is -1.99. The molecule has 60 heavy (non-hydrogen) atoms. The summed E-state index contributed by atoms with van der Waals surface area (Å²) in [5, 5.41) is 14.1. The van der Waals surface area contributed by atoms with E-state index in [2.05, 4.69) is 72.8 Å². The standard InChI is InChI=1S/C52H32N6O2/c1-5-13-33(14-6-1)49-53-51(35-17-9-3-10-18-35)57(55-49)39-23-27-47-43(31-39)41-29-37(21-25-45(41)59-47)38-22-26-46-42(30-38)44-32-40(24-28-48(44)60-46)58-52(36-19-11-4-12-20-36)54-50(56-58)34-15-7-2-8-16-34/h1-32H. The molecule has 0 aliphatic carbocycles. The Hall–Kier alpha value is -8.36. The Labute approximate surface area is 343 Å². The number of fused-ring (bicyclic) bond motifs is 6. The van der Waals surface area contributed by atoms with Crippen LogP contribution in [0.5, 0.6) is 0 Å². The molecule has 12 rings (SSSR count). The van der Waals surface area contributed by atoms with Crippen LogP contribution in [-0.2, 0) is 0 Å². The molecule has 12 aromatic rings. The van der Waals surface area contributed by atoms with Gasteiger partial charge in [0.25, 0.3) is 0 Å². The number of nitrogens with zero attached hydrogens (tertiary/aromatic N) is 6. The van der Waals surface area contributed by atoms with E-state index in [0.717, 1.165) is 100 Å². The number of aromatic nitrogens is 6. The van der Waals surface area contributed by atoms with Crippen LogP contribution in [0.3, 0.4) is 0 Å². The highest BCUT2D eigenvalue weighted by molar-refractivity contribution is 6.09. The van der Waals surface area contributed by atoms with Crippen molar-refractivity contribution in [3.8, 4) is 68.1 Å². The zero-order valence-electron chi connectivity index (χ0n) is 32.0. The molecule has 0 saturated heterocycles. The zero-order valence-corrected chi connectivity index (χ0v) is 32.0. The van der Waals surface area contributed by atoms with Crippen molar-refractivity contribution in [2.75, 3.05) is 0 Å². The van der Waals surface area contributed by atoms with Gasteiger partial charge in [0.15, 0.2) is 23.3 Å². The van der Waals surface area contributed by atoms with Gasteiger partial charge in [-0.05, 0) is 71.8 Å². The highest BCUT2D eigenvalue weighted by Gasteiger charge is 2.19. The summed E-state index contributed by atoms with van der Waals surface area (Å²) < 4.78 is 16.6. The Bertz CT molecular complexity index is 3300. The topological polar surface area (TPSA) is 87.7 Å². The smallest absolute Gasteiger partial charge is 0.182 e. The van der Waals surface area contributed by atoms with Crippen molar-refractivity contribution in [3.63, 3.8) is 0 Å². The molecule has 0 saturated carbocycles. The average Bonchev–Trinajstić information content (AvgIpc) is 4.13. The quantitative estimate of drug-likeness (QED) is 0.160. The highest BCUT2D eigenvalue weighted by Crippen LogP contribution is 2.38. The molecule has 0 unspecified atom stereocenters. The molecule has 0 atom stereocenters. The van der Waals surface area contributed by atoms with E-state index in [1.807, 2.05) is 131 Å². The van der Waals surface area contributed by atoms with E-state index in [1.54, 1.807) is 0 Å². The van der Waals surface area contributed by atoms with Crippen molar-refractivity contribution in [2.45, 2.75) is 0 Å². The lowest BCUT2D eigenvalue weighted by Gasteiger charge is -2.07. The van der Waals surface area contributed by atoms with Gasteiger partial charge in [0.2, 0.25) is 0 Å². The van der Waals surface area contributed by atoms with Gasteiger partial charge >= 0.3 is 0 Å². The van der Waals surface area contributed by atoms with E-state index in [4.69, 9.17) is 29.0 Å². The van der Waals surface area contributed by atoms with Crippen LogP contribution in [0.25, 0.3) is 112 Å². The summed E-state index contributed by atoms with van der Waals surface area (Å²) in [6.07, 6.45) is 0. The fourth-order valence-corrected chi connectivity index (χ4v) is 8.10. The van der Waals surface area contributed by atoms with Gasteiger partial charge in [-0.2, -0.15) is 0 Å². The lowest BCUT2D eigenvalue weighted by atomic mass is 10.0. The molecule has 282 valence electrons. The van der Waals surface area contributed by atoms with Gasteiger partial charge in [-0.25, -0.2) is 19.3 Å². The van der Waals surface area contributed by atoms with E-state index < -0.39 is 0 Å². The van der Waals surface area contributed by atoms with Crippen LogP contribution in [0, 0.1) is 0 Å². The molecular formula is C52H32N6O2. The van der Waals surface area contributed by atoms with Crippen molar-refractivity contribution in [1.29, 1.82) is 0 Å². The predicted molar refractivity (Wildman–Crippen MR) is 238 cm³/mol. The minimum absolute atomic E-state index is 0.665. The highest BCUT2D eigenvalue weighted by atomic mass is 16.3. The van der Waals surface area contributed by atoms with Gasteiger partial charge in [0, 0.05) is 43.8 Å². The first kappa shape index (κ1) is 33.7. The first-order chi connectivity index (χ1) is 29.7. The summed E-state index contributed by atoms with van der Waals surface area (Å²) in [7, 11) is 0. The van der Waals surface area contributed by atoms with Crippen LogP contribution >= 0.6 is 0 Å². The summed E-state index contributed by atoms with van der Waals surface area (Å²) in [4.78, 5) is 10.0. The van der Waals surface area contributed by atoms with Crippen LogP contribution in [0.2, 0.25) is 0 Å². The number of hydrogen-bond donors (Lipinski definition) is 0. The van der Waals surface area contributed by atoms with Crippen LogP contribution in [0.4, 0.5) is 0 Å². The molecule has 0 bridgehead atoms. The molecule has 8 aromatic carbocycles. The van der Waals surface area contributed by atoms with Gasteiger partial charge in [0.1, 0.15) is 22.3 Å². The van der Waals surface area contributed by atoms with E-state index in [0.29, 0.717) is 11.6 Å². The Morgan fingerprint density at radius 2 is 0.633 bits per heavy atom. The largest absolute Gasteiger partial charge is 0.456 e. The van der Waals surface area contributed by atoms with Gasteiger partial charge < -0.3 is 8.83 Å². The molecule has 8 nitrogen and oxygen atoms in total. The average molecular weight is 773 g/mol. The Morgan fingerprint density at radius 1 is 0.300 bits per heavy atom. The fourth-order valence-electron chi connectivity index (χ4n) is 8.10. The van der Waals surface area contributed by atoms with E-state index in [-0.39, 0.29) is 0 Å². The van der Waals surface area contributed by atoms with Gasteiger partial charge in [-0.1, -0.05) is 133 Å². The maximum atomic E-state index is 6.39. The number of furan rings is 2. The maximum Gasteiger partial charge on any atom is 0.182 e. The van der Waals surface area contributed by atoms with E-state index in [1.165, 1.54) is 0 Å². The monoisotopic (exact) mass is 772 g/mol. The Kier molecular flexibility index (Phi) is 7.67. The van der Waals surface area contributed by atoms with E-state index >= 15 is 0 Å². The van der Waals surface area contributed by atoms with Crippen molar-refractivity contribution in [2.24, 2.45) is 0 Å². The molecule has 0 fully saturated rings. The molecule has 0 aliphatic heterocycles. The van der Waals surface area contributed by atoms with Crippen LogP contribution in [-0.4, -0.2) is 29.5 Å². The maximum absolute atomic E-state index is 6.39. The molecular weight excluding hydrogens is 741 g/mol. The van der Waals surface area contributed by atoms with Crippen LogP contribution in [0.1, 0.15) is 0 Å². The minimum atomic E-state index is 0.665. The van der Waals surface area contributed by atoms with Crippen molar-refractivity contribution < 1.29 is 8.83 Å². The van der Waals surface area contributed by atoms with E-state index in [9.17, 15) is 0 Å². The SMILES string of the molecule is c1ccc(-c2nc(-c3ccccc3)n(-c3ccc4oc5ccc(-c6ccc7oc8ccc(-n9nc(-c%10ccccc%10)nc9-c9ccccc9)cc8c7c6)cc5c4c3)n2)cc1. The second kappa shape index (κ2) is 13.6. The molecule has 0 N–H and O–H groups in total. The molecule has 4 heterocycles.